The van der Waals surface area contributed by atoms with Gasteiger partial charge in [0.1, 0.15) is 0 Å². The number of para-hydroxylation sites is 1. The molecule has 2 aromatic rings. The molecule has 7 heteroatoms. The van der Waals surface area contributed by atoms with Gasteiger partial charge in [0, 0.05) is 18.6 Å². The van der Waals surface area contributed by atoms with Crippen LogP contribution in [0, 0.1) is 5.92 Å². The van der Waals surface area contributed by atoms with Crippen LogP contribution in [0.15, 0.2) is 36.5 Å². The number of nitrogens with zero attached hydrogens (tertiary/aromatic N) is 3. The summed E-state index contributed by atoms with van der Waals surface area (Å²) in [6.07, 6.45) is 1.85. The van der Waals surface area contributed by atoms with E-state index in [2.05, 4.69) is 15.5 Å². The fourth-order valence-electron chi connectivity index (χ4n) is 2.73. The van der Waals surface area contributed by atoms with Gasteiger partial charge >= 0.3 is 0 Å². The van der Waals surface area contributed by atoms with E-state index in [0.29, 0.717) is 12.8 Å². The van der Waals surface area contributed by atoms with Crippen molar-refractivity contribution in [2.75, 3.05) is 6.61 Å². The Morgan fingerprint density at radius 3 is 2.77 bits per heavy atom. The second-order valence-corrected chi connectivity index (χ2v) is 5.51. The van der Waals surface area contributed by atoms with Gasteiger partial charge < -0.3 is 15.5 Å². The van der Waals surface area contributed by atoms with Crippen molar-refractivity contribution in [2.24, 2.45) is 5.92 Å². The zero-order valence-electron chi connectivity index (χ0n) is 12.0. The van der Waals surface area contributed by atoms with Gasteiger partial charge in [-0.05, 0) is 25.0 Å². The van der Waals surface area contributed by atoms with Crippen molar-refractivity contribution in [2.45, 2.75) is 25.0 Å². The fourth-order valence-corrected chi connectivity index (χ4v) is 2.73. The molecular formula is C15H18N4O3. The van der Waals surface area contributed by atoms with Gasteiger partial charge in [-0.2, -0.15) is 9.90 Å². The first-order chi connectivity index (χ1) is 10.7. The lowest BCUT2D eigenvalue weighted by Gasteiger charge is -2.10. The van der Waals surface area contributed by atoms with Crippen molar-refractivity contribution in [3.05, 3.63) is 42.2 Å². The number of hydrogen-bond donors (Lipinski definition) is 3. The zero-order chi connectivity index (χ0) is 15.5. The summed E-state index contributed by atoms with van der Waals surface area (Å²) in [5.74, 6) is -0.497. The van der Waals surface area contributed by atoms with E-state index < -0.39 is 6.10 Å². The summed E-state index contributed by atoms with van der Waals surface area (Å²) in [5, 5.41) is 30.0. The normalized spacial score (nSPS) is 24.4. The summed E-state index contributed by atoms with van der Waals surface area (Å²) in [7, 11) is 0. The van der Waals surface area contributed by atoms with Crippen LogP contribution in [0.25, 0.3) is 5.69 Å². The molecule has 22 heavy (non-hydrogen) atoms. The number of rotatable bonds is 4. The van der Waals surface area contributed by atoms with Crippen LogP contribution < -0.4 is 5.32 Å². The highest BCUT2D eigenvalue weighted by Gasteiger charge is 2.33. The molecular weight excluding hydrogens is 284 g/mol. The zero-order valence-corrected chi connectivity index (χ0v) is 12.0. The second-order valence-electron chi connectivity index (χ2n) is 5.51. The number of aromatic nitrogens is 3. The number of benzene rings is 1. The van der Waals surface area contributed by atoms with Crippen molar-refractivity contribution in [1.82, 2.24) is 20.3 Å². The lowest BCUT2D eigenvalue weighted by atomic mass is 10.1. The molecule has 0 radical (unpaired) electrons. The average molecular weight is 302 g/mol. The third kappa shape index (κ3) is 3.00. The van der Waals surface area contributed by atoms with Crippen molar-refractivity contribution in [3.63, 3.8) is 0 Å². The minimum absolute atomic E-state index is 0.0717. The molecule has 1 fully saturated rings. The molecule has 1 aromatic carbocycles. The third-order valence-corrected chi connectivity index (χ3v) is 3.94. The Morgan fingerprint density at radius 2 is 2.09 bits per heavy atom. The monoisotopic (exact) mass is 302 g/mol. The van der Waals surface area contributed by atoms with Gasteiger partial charge in [0.25, 0.3) is 5.91 Å². The van der Waals surface area contributed by atoms with E-state index in [0.717, 1.165) is 5.69 Å². The second kappa shape index (κ2) is 6.25. The maximum Gasteiger partial charge on any atom is 0.273 e. The van der Waals surface area contributed by atoms with E-state index in [1.54, 1.807) is 0 Å². The van der Waals surface area contributed by atoms with E-state index in [1.807, 2.05) is 30.3 Å². The highest BCUT2D eigenvalue weighted by atomic mass is 16.3. The summed E-state index contributed by atoms with van der Waals surface area (Å²) >= 11 is 0. The Kier molecular flexibility index (Phi) is 4.17. The Morgan fingerprint density at radius 1 is 1.32 bits per heavy atom. The molecule has 1 aromatic heterocycles. The summed E-state index contributed by atoms with van der Waals surface area (Å²) in [4.78, 5) is 13.6. The number of carbonyl (C=O) groups excluding carboxylic acids is 1. The van der Waals surface area contributed by atoms with Crippen molar-refractivity contribution in [1.29, 1.82) is 0 Å². The maximum absolute atomic E-state index is 12.2. The summed E-state index contributed by atoms with van der Waals surface area (Å²) in [6, 6.07) is 9.17. The number of hydrogen-bond acceptors (Lipinski definition) is 5. The van der Waals surface area contributed by atoms with Crippen LogP contribution in [0.4, 0.5) is 0 Å². The van der Waals surface area contributed by atoms with Gasteiger partial charge in [-0.15, -0.1) is 5.10 Å². The van der Waals surface area contributed by atoms with Gasteiger partial charge in [-0.25, -0.2) is 0 Å². The quantitative estimate of drug-likeness (QED) is 0.745. The first-order valence-electron chi connectivity index (χ1n) is 7.25. The molecule has 3 N–H and O–H groups in total. The Balaban J connectivity index is 1.65. The summed E-state index contributed by atoms with van der Waals surface area (Å²) < 4.78 is 0. The van der Waals surface area contributed by atoms with Crippen LogP contribution in [0.3, 0.4) is 0 Å². The van der Waals surface area contributed by atoms with E-state index in [9.17, 15) is 9.90 Å². The predicted octanol–water partition coefficient (Wildman–Crippen LogP) is 0.129. The molecule has 7 nitrogen and oxygen atoms in total. The lowest BCUT2D eigenvalue weighted by molar-refractivity contribution is 0.0902. The Bertz CT molecular complexity index is 643. The fraction of sp³-hybridized carbons (Fsp3) is 0.400. The van der Waals surface area contributed by atoms with Gasteiger partial charge in [-0.1, -0.05) is 18.2 Å². The summed E-state index contributed by atoms with van der Waals surface area (Å²) in [6.45, 7) is -0.0717. The minimum atomic E-state index is -0.574. The smallest absolute Gasteiger partial charge is 0.273 e. The molecule has 3 atom stereocenters. The molecule has 1 saturated carbocycles. The summed E-state index contributed by atoms with van der Waals surface area (Å²) in [5.41, 5.74) is 1.00. The third-order valence-electron chi connectivity index (χ3n) is 3.94. The lowest BCUT2D eigenvalue weighted by Crippen LogP contribution is -2.33. The molecule has 1 amide bonds. The van der Waals surface area contributed by atoms with E-state index in [4.69, 9.17) is 5.11 Å². The molecule has 0 bridgehead atoms. The van der Waals surface area contributed by atoms with Crippen LogP contribution in [0.2, 0.25) is 0 Å². The van der Waals surface area contributed by atoms with E-state index in [-0.39, 0.29) is 30.2 Å². The minimum Gasteiger partial charge on any atom is -0.396 e. The number of aliphatic hydroxyl groups excluding tert-OH is 2. The molecule has 0 unspecified atom stereocenters. The SMILES string of the molecule is O=C(N[C@@H]1C[C@@H](CO)[C@H](O)C1)c1cnn(-c2ccccc2)n1. The standard InChI is InChI=1S/C15H18N4O3/c20-9-10-6-11(7-14(10)21)17-15(22)13-8-16-19(18-13)12-4-2-1-3-5-12/h1-5,8,10-11,14,20-21H,6-7,9H2,(H,17,22)/t10-,11+,14+/m0/s1. The molecule has 3 rings (SSSR count). The number of nitrogens with one attached hydrogen (secondary N) is 1. The highest BCUT2D eigenvalue weighted by molar-refractivity contribution is 5.92. The van der Waals surface area contributed by atoms with Gasteiger partial charge in [0.2, 0.25) is 0 Å². The van der Waals surface area contributed by atoms with Crippen LogP contribution >= 0.6 is 0 Å². The van der Waals surface area contributed by atoms with Crippen LogP contribution in [0.5, 0.6) is 0 Å². The predicted molar refractivity (Wildman–Crippen MR) is 78.4 cm³/mol. The first kappa shape index (κ1) is 14.7. The van der Waals surface area contributed by atoms with Crippen molar-refractivity contribution >= 4 is 5.91 Å². The maximum atomic E-state index is 12.2. The van der Waals surface area contributed by atoms with E-state index in [1.165, 1.54) is 11.0 Å². The van der Waals surface area contributed by atoms with Crippen molar-refractivity contribution in [3.8, 4) is 5.69 Å². The molecule has 1 heterocycles. The van der Waals surface area contributed by atoms with Gasteiger partial charge in [0.15, 0.2) is 5.69 Å². The molecule has 1 aliphatic rings. The molecule has 1 aliphatic carbocycles. The Hall–Kier alpha value is -2.25. The first-order valence-corrected chi connectivity index (χ1v) is 7.25. The molecule has 0 aliphatic heterocycles. The largest absolute Gasteiger partial charge is 0.396 e. The Labute approximate surface area is 127 Å². The van der Waals surface area contributed by atoms with Gasteiger partial charge in [0.05, 0.1) is 18.0 Å². The molecule has 0 saturated heterocycles. The van der Waals surface area contributed by atoms with Crippen molar-refractivity contribution < 1.29 is 15.0 Å². The molecule has 116 valence electrons. The average Bonchev–Trinajstić information content (AvgIpc) is 3.15. The topological polar surface area (TPSA) is 100 Å². The van der Waals surface area contributed by atoms with Crippen LogP contribution in [-0.2, 0) is 0 Å². The van der Waals surface area contributed by atoms with Crippen LogP contribution in [-0.4, -0.2) is 49.9 Å². The van der Waals surface area contributed by atoms with Crippen LogP contribution in [0.1, 0.15) is 23.3 Å². The molecule has 0 spiro atoms. The van der Waals surface area contributed by atoms with E-state index >= 15 is 0 Å². The number of carbonyl (C=O) groups is 1. The number of aliphatic hydroxyl groups is 2. The number of amides is 1. The van der Waals surface area contributed by atoms with Gasteiger partial charge in [-0.3, -0.25) is 4.79 Å². The highest BCUT2D eigenvalue weighted by Crippen LogP contribution is 2.25.